The molecule has 1 unspecified atom stereocenters. The van der Waals surface area contributed by atoms with E-state index in [-0.39, 0.29) is 42.9 Å². The summed E-state index contributed by atoms with van der Waals surface area (Å²) in [6.45, 7) is 2.72. The predicted molar refractivity (Wildman–Crippen MR) is 121 cm³/mol. The first-order valence-electron chi connectivity index (χ1n) is 9.00. The molecule has 1 fully saturated rings. The number of ether oxygens (including phenoxy) is 1. The SMILES string of the molecule is I.NC(=NCC(O)COc1cccc(C(F)(F)F)c1)N1CCN(c2nccs2)CC1. The molecule has 0 radical (unpaired) electrons. The van der Waals surface area contributed by atoms with E-state index in [1.807, 2.05) is 10.3 Å². The Morgan fingerprint density at radius 2 is 2.03 bits per heavy atom. The molecule has 1 aromatic carbocycles. The van der Waals surface area contributed by atoms with Gasteiger partial charge < -0.3 is 25.4 Å². The molecule has 30 heavy (non-hydrogen) atoms. The molecule has 1 aliphatic heterocycles. The van der Waals surface area contributed by atoms with Crippen molar-refractivity contribution in [1.29, 1.82) is 0 Å². The van der Waals surface area contributed by atoms with E-state index >= 15 is 0 Å². The van der Waals surface area contributed by atoms with Crippen LogP contribution >= 0.6 is 35.3 Å². The maximum Gasteiger partial charge on any atom is 0.416 e. The van der Waals surface area contributed by atoms with Gasteiger partial charge in [-0.15, -0.1) is 35.3 Å². The first-order valence-corrected chi connectivity index (χ1v) is 9.88. The van der Waals surface area contributed by atoms with E-state index in [9.17, 15) is 18.3 Å². The number of hydrogen-bond acceptors (Lipinski definition) is 6. The number of thiazole rings is 1. The van der Waals surface area contributed by atoms with Crippen molar-refractivity contribution in [2.24, 2.45) is 10.7 Å². The zero-order chi connectivity index (χ0) is 20.9. The highest BCUT2D eigenvalue weighted by Crippen LogP contribution is 2.31. The third kappa shape index (κ3) is 6.87. The molecular weight excluding hydrogens is 534 g/mol. The molecule has 0 spiro atoms. The predicted octanol–water partition coefficient (Wildman–Crippen LogP) is 2.66. The van der Waals surface area contributed by atoms with Crippen LogP contribution < -0.4 is 15.4 Å². The number of alkyl halides is 3. The lowest BCUT2D eigenvalue weighted by Gasteiger charge is -2.35. The van der Waals surface area contributed by atoms with Crippen LogP contribution in [0.1, 0.15) is 5.56 Å². The Morgan fingerprint density at radius 3 is 2.67 bits per heavy atom. The van der Waals surface area contributed by atoms with E-state index in [1.54, 1.807) is 17.5 Å². The number of halogens is 4. The monoisotopic (exact) mass is 557 g/mol. The van der Waals surface area contributed by atoms with E-state index in [1.165, 1.54) is 12.1 Å². The van der Waals surface area contributed by atoms with Gasteiger partial charge in [-0.2, -0.15) is 13.2 Å². The Balaban J connectivity index is 0.00000320. The van der Waals surface area contributed by atoms with Crippen LogP contribution in [0.5, 0.6) is 5.75 Å². The Bertz CT molecular complexity index is 814. The summed E-state index contributed by atoms with van der Waals surface area (Å²) in [7, 11) is 0. The molecule has 7 nitrogen and oxygen atoms in total. The summed E-state index contributed by atoms with van der Waals surface area (Å²) < 4.78 is 43.4. The molecule has 0 aliphatic carbocycles. The topological polar surface area (TPSA) is 87.2 Å². The second-order valence-electron chi connectivity index (χ2n) is 6.48. The van der Waals surface area contributed by atoms with Crippen LogP contribution in [-0.4, -0.2) is 66.4 Å². The van der Waals surface area contributed by atoms with Gasteiger partial charge in [0, 0.05) is 37.8 Å². The normalized spacial score (nSPS) is 16.2. The molecule has 2 aromatic rings. The standard InChI is InChI=1S/C18H22F3N5O2S.HI/c19-18(20,21)13-2-1-3-15(10-13)28-12-14(27)11-24-16(22)25-5-7-26(8-6-25)17-23-4-9-29-17;/h1-4,9-10,14,27H,5-8,11-12H2,(H2,22,24);1H. The van der Waals surface area contributed by atoms with Gasteiger partial charge in [-0.3, -0.25) is 4.99 Å². The summed E-state index contributed by atoms with van der Waals surface area (Å²) >= 11 is 1.58. The second kappa shape index (κ2) is 11.0. The molecule has 3 N–H and O–H groups in total. The van der Waals surface area contributed by atoms with Crippen molar-refractivity contribution in [2.75, 3.05) is 44.2 Å². The Labute approximate surface area is 193 Å². The average molecular weight is 557 g/mol. The van der Waals surface area contributed by atoms with Crippen LogP contribution in [0.4, 0.5) is 18.3 Å². The molecule has 3 rings (SSSR count). The van der Waals surface area contributed by atoms with Crippen molar-refractivity contribution in [2.45, 2.75) is 12.3 Å². The molecular formula is C18H23F3IN5O2S. The number of aliphatic hydroxyl groups excluding tert-OH is 1. The van der Waals surface area contributed by atoms with Gasteiger partial charge in [-0.1, -0.05) is 6.07 Å². The minimum absolute atomic E-state index is 0. The number of aromatic nitrogens is 1. The number of piperazine rings is 1. The van der Waals surface area contributed by atoms with Crippen LogP contribution in [-0.2, 0) is 6.18 Å². The zero-order valence-electron chi connectivity index (χ0n) is 16.0. The fourth-order valence-electron chi connectivity index (χ4n) is 2.81. The van der Waals surface area contributed by atoms with Crippen molar-refractivity contribution in [3.05, 3.63) is 41.4 Å². The summed E-state index contributed by atoms with van der Waals surface area (Å²) in [5.41, 5.74) is 5.20. The van der Waals surface area contributed by atoms with E-state index in [0.717, 1.165) is 30.4 Å². The van der Waals surface area contributed by atoms with Crippen molar-refractivity contribution < 1.29 is 23.0 Å². The highest BCUT2D eigenvalue weighted by atomic mass is 127. The van der Waals surface area contributed by atoms with Crippen molar-refractivity contribution >= 4 is 46.4 Å². The van der Waals surface area contributed by atoms with E-state index < -0.39 is 17.8 Å². The van der Waals surface area contributed by atoms with Crippen LogP contribution in [0.25, 0.3) is 0 Å². The van der Waals surface area contributed by atoms with Gasteiger partial charge in [0.25, 0.3) is 0 Å². The first-order chi connectivity index (χ1) is 13.8. The molecule has 1 aliphatic rings. The molecule has 0 bridgehead atoms. The molecule has 1 atom stereocenters. The number of nitrogens with zero attached hydrogens (tertiary/aromatic N) is 4. The number of aliphatic imine (C=N–C) groups is 1. The number of rotatable bonds is 6. The van der Waals surface area contributed by atoms with Gasteiger partial charge in [0.05, 0.1) is 12.1 Å². The Hall–Kier alpha value is -1.80. The lowest BCUT2D eigenvalue weighted by molar-refractivity contribution is -0.137. The van der Waals surface area contributed by atoms with Gasteiger partial charge in [0.15, 0.2) is 11.1 Å². The number of aliphatic hydroxyl groups is 1. The third-order valence-corrected chi connectivity index (χ3v) is 5.19. The summed E-state index contributed by atoms with van der Waals surface area (Å²) in [6, 6.07) is 4.52. The zero-order valence-corrected chi connectivity index (χ0v) is 19.1. The smallest absolute Gasteiger partial charge is 0.416 e. The quantitative estimate of drug-likeness (QED) is 0.323. The average Bonchev–Trinajstić information content (AvgIpc) is 3.25. The highest BCUT2D eigenvalue weighted by Gasteiger charge is 2.30. The molecule has 12 heteroatoms. The molecule has 1 saturated heterocycles. The molecule has 166 valence electrons. The van der Waals surface area contributed by atoms with Gasteiger partial charge in [-0.05, 0) is 18.2 Å². The maximum absolute atomic E-state index is 12.7. The number of hydrogen-bond donors (Lipinski definition) is 2. The van der Waals surface area contributed by atoms with Crippen molar-refractivity contribution in [1.82, 2.24) is 9.88 Å². The lowest BCUT2D eigenvalue weighted by Crippen LogP contribution is -2.51. The van der Waals surface area contributed by atoms with E-state index in [4.69, 9.17) is 10.5 Å². The summed E-state index contributed by atoms with van der Waals surface area (Å²) in [4.78, 5) is 12.6. The summed E-state index contributed by atoms with van der Waals surface area (Å²) in [5.74, 6) is 0.357. The number of benzene rings is 1. The lowest BCUT2D eigenvalue weighted by atomic mass is 10.2. The Morgan fingerprint density at radius 1 is 1.30 bits per heavy atom. The van der Waals surface area contributed by atoms with Gasteiger partial charge >= 0.3 is 6.18 Å². The summed E-state index contributed by atoms with van der Waals surface area (Å²) in [6.07, 6.45) is -3.66. The van der Waals surface area contributed by atoms with E-state index in [0.29, 0.717) is 19.0 Å². The van der Waals surface area contributed by atoms with Crippen LogP contribution in [0, 0.1) is 0 Å². The van der Waals surface area contributed by atoms with Crippen molar-refractivity contribution in [3.63, 3.8) is 0 Å². The third-order valence-electron chi connectivity index (χ3n) is 4.36. The summed E-state index contributed by atoms with van der Waals surface area (Å²) in [5, 5.41) is 12.9. The first kappa shape index (κ1) is 24.5. The van der Waals surface area contributed by atoms with Crippen LogP contribution in [0.15, 0.2) is 40.8 Å². The number of anilines is 1. The maximum atomic E-state index is 12.7. The van der Waals surface area contributed by atoms with Gasteiger partial charge in [0.1, 0.15) is 18.5 Å². The van der Waals surface area contributed by atoms with E-state index in [2.05, 4.69) is 14.9 Å². The largest absolute Gasteiger partial charge is 0.491 e. The molecule has 1 aromatic heterocycles. The van der Waals surface area contributed by atoms with Gasteiger partial charge in [0.2, 0.25) is 0 Å². The molecule has 2 heterocycles. The van der Waals surface area contributed by atoms with Crippen LogP contribution in [0.2, 0.25) is 0 Å². The fourth-order valence-corrected chi connectivity index (χ4v) is 3.50. The molecule has 0 saturated carbocycles. The fraction of sp³-hybridized carbons (Fsp3) is 0.444. The minimum Gasteiger partial charge on any atom is -0.491 e. The number of nitrogens with two attached hydrogens (primary N) is 1. The van der Waals surface area contributed by atoms with Gasteiger partial charge in [-0.25, -0.2) is 4.98 Å². The second-order valence-corrected chi connectivity index (χ2v) is 7.35. The molecule has 0 amide bonds. The highest BCUT2D eigenvalue weighted by molar-refractivity contribution is 14.0. The number of guanidine groups is 1. The Kier molecular flexibility index (Phi) is 8.97. The van der Waals surface area contributed by atoms with Crippen LogP contribution in [0.3, 0.4) is 0 Å². The minimum atomic E-state index is -4.44. The van der Waals surface area contributed by atoms with Crippen molar-refractivity contribution in [3.8, 4) is 5.75 Å².